The Morgan fingerprint density at radius 3 is 2.76 bits per heavy atom. The number of aromatic nitrogens is 3. The van der Waals surface area contributed by atoms with Crippen LogP contribution in [0.2, 0.25) is 0 Å². The van der Waals surface area contributed by atoms with Gasteiger partial charge in [0.05, 0.1) is 24.6 Å². The highest BCUT2D eigenvalue weighted by atomic mass is 32.1. The van der Waals surface area contributed by atoms with Gasteiger partial charge in [0, 0.05) is 0 Å². The molecule has 2 rings (SSSR count). The molecular formula is C13H12F3N5O3S. The van der Waals surface area contributed by atoms with Crippen LogP contribution in [0.15, 0.2) is 30.5 Å². The zero-order valence-corrected chi connectivity index (χ0v) is 13.6. The van der Waals surface area contributed by atoms with Crippen molar-refractivity contribution < 1.29 is 27.5 Å². The summed E-state index contributed by atoms with van der Waals surface area (Å²) in [6, 6.07) is 5.01. The molecule has 0 saturated carbocycles. The molecule has 0 aliphatic carbocycles. The fourth-order valence-electron chi connectivity index (χ4n) is 1.71. The fourth-order valence-corrected chi connectivity index (χ4v) is 1.87. The van der Waals surface area contributed by atoms with E-state index in [1.807, 2.05) is 0 Å². The third-order valence-corrected chi connectivity index (χ3v) is 3.21. The Labute approximate surface area is 145 Å². The number of nitrogens with one attached hydrogen (secondary N) is 1. The maximum absolute atomic E-state index is 12.1. The molecule has 1 aromatic heterocycles. The lowest BCUT2D eigenvalue weighted by Crippen LogP contribution is -2.40. The summed E-state index contributed by atoms with van der Waals surface area (Å²) in [5.74, 6) is -0.664. The van der Waals surface area contributed by atoms with Crippen molar-refractivity contribution in [2.24, 2.45) is 0 Å². The highest BCUT2D eigenvalue weighted by Gasteiger charge is 2.29. The number of hydrogen-bond acceptors (Lipinski definition) is 6. The van der Waals surface area contributed by atoms with Crippen LogP contribution in [0.25, 0.3) is 5.69 Å². The third-order valence-electron chi connectivity index (χ3n) is 2.83. The number of carbonyl (C=O) groups is 2. The molecule has 25 heavy (non-hydrogen) atoms. The molecule has 2 amide bonds. The van der Waals surface area contributed by atoms with Crippen LogP contribution in [0.5, 0.6) is 0 Å². The van der Waals surface area contributed by atoms with Gasteiger partial charge in [0.2, 0.25) is 0 Å². The number of thiol groups is 1. The second-order valence-electron chi connectivity index (χ2n) is 4.62. The Bertz CT molecular complexity index is 780. The molecule has 12 heteroatoms. The minimum atomic E-state index is -4.55. The summed E-state index contributed by atoms with van der Waals surface area (Å²) < 4.78 is 41.5. The van der Waals surface area contributed by atoms with Crippen LogP contribution < -0.4 is 9.62 Å². The quantitative estimate of drug-likeness (QED) is 0.630. The minimum Gasteiger partial charge on any atom is -0.465 e. The van der Waals surface area contributed by atoms with Crippen molar-refractivity contribution in [1.82, 2.24) is 20.3 Å². The topological polar surface area (TPSA) is 89.4 Å². The molecule has 1 heterocycles. The molecule has 0 unspecified atom stereocenters. The Morgan fingerprint density at radius 2 is 2.12 bits per heavy atom. The number of halogens is 3. The van der Waals surface area contributed by atoms with Gasteiger partial charge in [-0.25, -0.2) is 13.9 Å². The molecular weight excluding hydrogens is 363 g/mol. The number of amides is 2. The van der Waals surface area contributed by atoms with Gasteiger partial charge >= 0.3 is 18.2 Å². The van der Waals surface area contributed by atoms with E-state index in [4.69, 9.17) is 0 Å². The van der Waals surface area contributed by atoms with Gasteiger partial charge in [-0.15, -0.1) is 9.90 Å². The SMILES string of the molecule is COC(=O)c1cccc(-n2ncc(N(S)C(=O)NCC(F)(F)F)n2)c1. The molecule has 0 bridgehead atoms. The second kappa shape index (κ2) is 7.42. The van der Waals surface area contributed by atoms with Gasteiger partial charge in [-0.3, -0.25) is 0 Å². The van der Waals surface area contributed by atoms with E-state index in [0.29, 0.717) is 9.99 Å². The van der Waals surface area contributed by atoms with E-state index >= 15 is 0 Å². The molecule has 0 saturated heterocycles. The molecule has 0 fully saturated rings. The van der Waals surface area contributed by atoms with Crippen LogP contribution in [-0.4, -0.2) is 46.8 Å². The van der Waals surface area contributed by atoms with Crippen molar-refractivity contribution in [3.8, 4) is 5.69 Å². The van der Waals surface area contributed by atoms with Gasteiger partial charge in [-0.05, 0) is 18.2 Å². The van der Waals surface area contributed by atoms with E-state index in [1.54, 1.807) is 17.4 Å². The van der Waals surface area contributed by atoms with E-state index in [9.17, 15) is 22.8 Å². The summed E-state index contributed by atoms with van der Waals surface area (Å²) in [4.78, 5) is 24.2. The molecule has 2 aromatic rings. The normalized spacial score (nSPS) is 11.1. The first-order chi connectivity index (χ1) is 11.7. The summed E-state index contributed by atoms with van der Waals surface area (Å²) in [6.07, 6.45) is -3.42. The van der Waals surface area contributed by atoms with Gasteiger partial charge in [-0.1, -0.05) is 18.9 Å². The van der Waals surface area contributed by atoms with Crippen molar-refractivity contribution in [3.05, 3.63) is 36.0 Å². The molecule has 1 aromatic carbocycles. The number of benzene rings is 1. The summed E-state index contributed by atoms with van der Waals surface area (Å²) in [5, 5.41) is 9.47. The lowest BCUT2D eigenvalue weighted by molar-refractivity contribution is -0.122. The van der Waals surface area contributed by atoms with Crippen LogP contribution in [0.4, 0.5) is 23.8 Å². The number of urea groups is 1. The Kier molecular flexibility index (Phi) is 5.51. The first-order valence-corrected chi connectivity index (χ1v) is 7.06. The van der Waals surface area contributed by atoms with Crippen LogP contribution in [0, 0.1) is 0 Å². The largest absolute Gasteiger partial charge is 0.465 e. The lowest BCUT2D eigenvalue weighted by Gasteiger charge is -2.14. The summed E-state index contributed by atoms with van der Waals surface area (Å²) >= 11 is 3.80. The van der Waals surface area contributed by atoms with Gasteiger partial charge < -0.3 is 10.1 Å². The minimum absolute atomic E-state index is 0.105. The van der Waals surface area contributed by atoms with Crippen LogP contribution in [0.3, 0.4) is 0 Å². The van der Waals surface area contributed by atoms with E-state index in [1.165, 1.54) is 19.2 Å². The maximum Gasteiger partial charge on any atom is 0.405 e. The van der Waals surface area contributed by atoms with Crippen LogP contribution in [0.1, 0.15) is 10.4 Å². The first kappa shape index (κ1) is 18.6. The monoisotopic (exact) mass is 375 g/mol. The maximum atomic E-state index is 12.1. The van der Waals surface area contributed by atoms with Crippen molar-refractivity contribution in [1.29, 1.82) is 0 Å². The first-order valence-electron chi connectivity index (χ1n) is 6.66. The number of esters is 1. The number of rotatable bonds is 4. The van der Waals surface area contributed by atoms with Gasteiger partial charge in [0.25, 0.3) is 0 Å². The van der Waals surface area contributed by atoms with E-state index in [2.05, 4.69) is 27.7 Å². The van der Waals surface area contributed by atoms with Gasteiger partial charge in [-0.2, -0.15) is 18.3 Å². The molecule has 134 valence electrons. The van der Waals surface area contributed by atoms with E-state index < -0.39 is 24.7 Å². The Morgan fingerprint density at radius 1 is 1.40 bits per heavy atom. The van der Waals surface area contributed by atoms with Crippen LogP contribution >= 0.6 is 12.8 Å². The number of carbonyl (C=O) groups excluding carboxylic acids is 2. The molecule has 0 atom stereocenters. The number of ether oxygens (including phenoxy) is 1. The molecule has 0 aliphatic heterocycles. The average Bonchev–Trinajstić information content (AvgIpc) is 3.07. The highest BCUT2D eigenvalue weighted by molar-refractivity contribution is 7.82. The van der Waals surface area contributed by atoms with Crippen molar-refractivity contribution >= 4 is 30.6 Å². The molecule has 0 spiro atoms. The molecule has 0 aliphatic rings. The lowest BCUT2D eigenvalue weighted by atomic mass is 10.2. The smallest absolute Gasteiger partial charge is 0.405 e. The number of methoxy groups -OCH3 is 1. The van der Waals surface area contributed by atoms with Crippen LogP contribution in [-0.2, 0) is 4.74 Å². The zero-order valence-electron chi connectivity index (χ0n) is 12.7. The van der Waals surface area contributed by atoms with Crippen molar-refractivity contribution in [3.63, 3.8) is 0 Å². The van der Waals surface area contributed by atoms with E-state index in [0.717, 1.165) is 11.0 Å². The van der Waals surface area contributed by atoms with E-state index in [-0.39, 0.29) is 11.4 Å². The number of nitrogens with zero attached hydrogens (tertiary/aromatic N) is 4. The molecule has 1 N–H and O–H groups in total. The van der Waals surface area contributed by atoms with Gasteiger partial charge in [0.1, 0.15) is 6.54 Å². The Balaban J connectivity index is 2.14. The highest BCUT2D eigenvalue weighted by Crippen LogP contribution is 2.17. The fraction of sp³-hybridized carbons (Fsp3) is 0.231. The Hall–Kier alpha value is -2.76. The summed E-state index contributed by atoms with van der Waals surface area (Å²) in [5.41, 5.74) is 0.635. The summed E-state index contributed by atoms with van der Waals surface area (Å²) in [6.45, 7) is -1.50. The number of alkyl halides is 3. The zero-order chi connectivity index (χ0) is 18.6. The predicted octanol–water partition coefficient (Wildman–Crippen LogP) is 1.98. The number of anilines is 1. The number of hydrogen-bond donors (Lipinski definition) is 2. The van der Waals surface area contributed by atoms with Gasteiger partial charge in [0.15, 0.2) is 5.82 Å². The summed E-state index contributed by atoms with van der Waals surface area (Å²) in [7, 11) is 1.23. The molecule has 8 nitrogen and oxygen atoms in total. The average molecular weight is 375 g/mol. The standard InChI is InChI=1S/C13H12F3N5O3S/c1-24-11(22)8-3-2-4-9(5-8)21-18-6-10(19-21)20(25)12(23)17-7-13(14,15)16/h2-6,25H,7H2,1H3,(H,17,23). The molecule has 0 radical (unpaired) electrons. The third kappa shape index (κ3) is 4.86. The van der Waals surface area contributed by atoms with Crippen molar-refractivity contribution in [2.45, 2.75) is 6.18 Å². The predicted molar refractivity (Wildman–Crippen MR) is 83.6 cm³/mol. The van der Waals surface area contributed by atoms with Crippen molar-refractivity contribution in [2.75, 3.05) is 18.0 Å². The second-order valence-corrected chi connectivity index (χ2v) is 5.02.